The highest BCUT2D eigenvalue weighted by atomic mass is 32.2. The Labute approximate surface area is 192 Å². The van der Waals surface area contributed by atoms with Crippen molar-refractivity contribution in [3.63, 3.8) is 0 Å². The molecule has 2 fully saturated rings. The number of hydrogen-bond donors (Lipinski definition) is 3. The fourth-order valence-corrected chi connectivity index (χ4v) is 6.66. The van der Waals surface area contributed by atoms with Gasteiger partial charge in [0.25, 0.3) is 0 Å². The van der Waals surface area contributed by atoms with E-state index in [4.69, 9.17) is 0 Å². The SMILES string of the molecule is CC(C)S(=O)(=O)N[C@H]1CC[C@H](C(=O)Nc2cccc(S(=O)(=O)NC3CCCCC3)c2)CC1. The molecule has 8 nitrogen and oxygen atoms in total. The van der Waals surface area contributed by atoms with Gasteiger partial charge in [-0.25, -0.2) is 26.3 Å². The van der Waals surface area contributed by atoms with E-state index in [1.807, 2.05) is 0 Å². The molecule has 10 heteroatoms. The van der Waals surface area contributed by atoms with E-state index in [-0.39, 0.29) is 28.8 Å². The molecule has 0 atom stereocenters. The van der Waals surface area contributed by atoms with Crippen molar-refractivity contribution in [2.45, 2.75) is 93.9 Å². The lowest BCUT2D eigenvalue weighted by Gasteiger charge is -2.28. The Morgan fingerprint density at radius 1 is 0.875 bits per heavy atom. The molecule has 2 saturated carbocycles. The predicted octanol–water partition coefficient (Wildman–Crippen LogP) is 3.12. The van der Waals surface area contributed by atoms with Gasteiger partial charge in [-0.05, 0) is 70.6 Å². The van der Waals surface area contributed by atoms with Crippen molar-refractivity contribution in [3.8, 4) is 0 Å². The third-order valence-corrected chi connectivity index (χ3v) is 9.81. The largest absolute Gasteiger partial charge is 0.326 e. The van der Waals surface area contributed by atoms with Crippen LogP contribution < -0.4 is 14.8 Å². The minimum atomic E-state index is -3.64. The van der Waals surface area contributed by atoms with Crippen LogP contribution in [-0.4, -0.2) is 40.1 Å². The van der Waals surface area contributed by atoms with Crippen LogP contribution in [0.1, 0.15) is 71.6 Å². The number of rotatable bonds is 8. The first-order valence-corrected chi connectivity index (χ1v) is 14.5. The molecule has 180 valence electrons. The van der Waals surface area contributed by atoms with Gasteiger partial charge in [-0.1, -0.05) is 25.3 Å². The van der Waals surface area contributed by atoms with Gasteiger partial charge >= 0.3 is 0 Å². The maximum atomic E-state index is 12.8. The monoisotopic (exact) mass is 485 g/mol. The van der Waals surface area contributed by atoms with Crippen LogP contribution in [-0.2, 0) is 24.8 Å². The zero-order valence-electron chi connectivity index (χ0n) is 18.8. The van der Waals surface area contributed by atoms with Crippen molar-refractivity contribution in [3.05, 3.63) is 24.3 Å². The van der Waals surface area contributed by atoms with Crippen LogP contribution in [0.5, 0.6) is 0 Å². The molecule has 0 heterocycles. The van der Waals surface area contributed by atoms with E-state index in [9.17, 15) is 21.6 Å². The second-order valence-corrected chi connectivity index (χ2v) is 13.2. The highest BCUT2D eigenvalue weighted by Crippen LogP contribution is 2.27. The van der Waals surface area contributed by atoms with E-state index in [2.05, 4.69) is 14.8 Å². The van der Waals surface area contributed by atoms with Crippen molar-refractivity contribution in [2.24, 2.45) is 5.92 Å². The van der Waals surface area contributed by atoms with Gasteiger partial charge in [0, 0.05) is 23.7 Å². The predicted molar refractivity (Wildman–Crippen MR) is 125 cm³/mol. The number of anilines is 1. The average Bonchev–Trinajstić information content (AvgIpc) is 2.74. The number of amides is 1. The summed E-state index contributed by atoms with van der Waals surface area (Å²) >= 11 is 0. The fraction of sp³-hybridized carbons (Fsp3) is 0.682. The first-order chi connectivity index (χ1) is 15.1. The zero-order chi connectivity index (χ0) is 23.4. The van der Waals surface area contributed by atoms with Crippen LogP contribution >= 0.6 is 0 Å². The zero-order valence-corrected chi connectivity index (χ0v) is 20.5. The molecule has 1 aromatic rings. The lowest BCUT2D eigenvalue weighted by atomic mass is 9.86. The second kappa shape index (κ2) is 10.6. The maximum absolute atomic E-state index is 12.8. The third-order valence-electron chi connectivity index (χ3n) is 6.39. The minimum absolute atomic E-state index is 0.0321. The molecule has 1 amide bonds. The van der Waals surface area contributed by atoms with Crippen molar-refractivity contribution in [1.29, 1.82) is 0 Å². The quantitative estimate of drug-likeness (QED) is 0.522. The smallest absolute Gasteiger partial charge is 0.240 e. The summed E-state index contributed by atoms with van der Waals surface area (Å²) in [6.07, 6.45) is 7.28. The number of carbonyl (C=O) groups excluding carboxylic acids is 1. The Bertz CT molecular complexity index is 994. The van der Waals surface area contributed by atoms with E-state index in [0.717, 1.165) is 32.1 Å². The first kappa shape index (κ1) is 25.1. The minimum Gasteiger partial charge on any atom is -0.326 e. The van der Waals surface area contributed by atoms with E-state index >= 15 is 0 Å². The number of sulfonamides is 2. The Morgan fingerprint density at radius 2 is 1.50 bits per heavy atom. The van der Waals surface area contributed by atoms with Gasteiger partial charge in [-0.3, -0.25) is 4.79 Å². The Hall–Kier alpha value is -1.49. The van der Waals surface area contributed by atoms with Crippen LogP contribution in [0.3, 0.4) is 0 Å². The lowest BCUT2D eigenvalue weighted by molar-refractivity contribution is -0.120. The average molecular weight is 486 g/mol. The van der Waals surface area contributed by atoms with Crippen LogP contribution in [0, 0.1) is 5.92 Å². The van der Waals surface area contributed by atoms with Crippen molar-refractivity contribution in [1.82, 2.24) is 9.44 Å². The summed E-state index contributed by atoms with van der Waals surface area (Å²) in [4.78, 5) is 12.9. The van der Waals surface area contributed by atoms with Gasteiger partial charge < -0.3 is 5.32 Å². The highest BCUT2D eigenvalue weighted by Gasteiger charge is 2.30. The van der Waals surface area contributed by atoms with Crippen molar-refractivity contribution < 1.29 is 21.6 Å². The lowest BCUT2D eigenvalue weighted by Crippen LogP contribution is -2.42. The molecule has 32 heavy (non-hydrogen) atoms. The van der Waals surface area contributed by atoms with Gasteiger partial charge in [-0.2, -0.15) is 0 Å². The van der Waals surface area contributed by atoms with Crippen LogP contribution in [0.2, 0.25) is 0 Å². The summed E-state index contributed by atoms with van der Waals surface area (Å²) in [7, 11) is -6.97. The van der Waals surface area contributed by atoms with Crippen LogP contribution in [0.25, 0.3) is 0 Å². The molecule has 0 bridgehead atoms. The molecule has 0 radical (unpaired) electrons. The summed E-state index contributed by atoms with van der Waals surface area (Å²) in [6, 6.07) is 6.15. The molecule has 0 unspecified atom stereocenters. The highest BCUT2D eigenvalue weighted by molar-refractivity contribution is 7.90. The topological polar surface area (TPSA) is 121 Å². The summed E-state index contributed by atoms with van der Waals surface area (Å²) in [5, 5.41) is 2.35. The molecule has 2 aliphatic rings. The first-order valence-electron chi connectivity index (χ1n) is 11.5. The molecular formula is C22H35N3O5S2. The third kappa shape index (κ3) is 6.76. The second-order valence-electron chi connectivity index (χ2n) is 9.23. The van der Waals surface area contributed by atoms with E-state index in [1.165, 1.54) is 12.1 Å². The van der Waals surface area contributed by atoms with Crippen molar-refractivity contribution >= 4 is 31.6 Å². The Morgan fingerprint density at radius 3 is 2.12 bits per heavy atom. The number of carbonyl (C=O) groups is 1. The molecule has 0 aromatic heterocycles. The summed E-state index contributed by atoms with van der Waals surface area (Å²) in [5.41, 5.74) is 0.448. The van der Waals surface area contributed by atoms with Gasteiger partial charge in [0.2, 0.25) is 26.0 Å². The number of benzene rings is 1. The Kier molecular flexibility index (Phi) is 8.35. The molecule has 1 aromatic carbocycles. The van der Waals surface area contributed by atoms with Gasteiger partial charge in [0.05, 0.1) is 10.1 Å². The molecule has 0 saturated heterocycles. The van der Waals surface area contributed by atoms with Gasteiger partial charge in [0.1, 0.15) is 0 Å². The maximum Gasteiger partial charge on any atom is 0.240 e. The summed E-state index contributed by atoms with van der Waals surface area (Å²) < 4.78 is 55.1. The van der Waals surface area contributed by atoms with Gasteiger partial charge in [-0.15, -0.1) is 0 Å². The number of hydrogen-bond acceptors (Lipinski definition) is 5. The molecular weight excluding hydrogens is 450 g/mol. The number of nitrogens with one attached hydrogen (secondary N) is 3. The van der Waals surface area contributed by atoms with Crippen molar-refractivity contribution in [2.75, 3.05) is 5.32 Å². The van der Waals surface area contributed by atoms with E-state index in [1.54, 1.807) is 26.0 Å². The van der Waals surface area contributed by atoms with Crippen LogP contribution in [0.15, 0.2) is 29.2 Å². The molecule has 3 N–H and O–H groups in total. The van der Waals surface area contributed by atoms with Gasteiger partial charge in [0.15, 0.2) is 0 Å². The molecule has 2 aliphatic carbocycles. The summed E-state index contributed by atoms with van der Waals surface area (Å²) in [5.74, 6) is -0.389. The van der Waals surface area contributed by atoms with Crippen LogP contribution in [0.4, 0.5) is 5.69 Å². The molecule has 0 spiro atoms. The molecule has 3 rings (SSSR count). The normalized spacial score (nSPS) is 23.2. The Balaban J connectivity index is 1.56. The fourth-order valence-electron chi connectivity index (χ4n) is 4.34. The standard InChI is InChI=1S/C22H35N3O5S2/c1-16(2)31(27,28)24-19-13-11-17(12-14-19)22(26)23-20-9-6-10-21(15-20)32(29,30)25-18-7-4-3-5-8-18/h6,9-10,15-19,24-25H,3-5,7-8,11-14H2,1-2H3,(H,23,26)/t17-,19-. The van der Waals surface area contributed by atoms with E-state index in [0.29, 0.717) is 31.4 Å². The molecule has 0 aliphatic heterocycles. The van der Waals surface area contributed by atoms with E-state index < -0.39 is 25.3 Å². The summed E-state index contributed by atoms with van der Waals surface area (Å²) in [6.45, 7) is 3.28.